The van der Waals surface area contributed by atoms with E-state index < -0.39 is 18.0 Å². The summed E-state index contributed by atoms with van der Waals surface area (Å²) in [5.41, 5.74) is 3.80. The molecule has 0 amide bonds. The van der Waals surface area contributed by atoms with Crippen LogP contribution in [0.1, 0.15) is 31.0 Å². The molecule has 0 N–H and O–H groups in total. The zero-order valence-electron chi connectivity index (χ0n) is 25.2. The number of halogens is 1. The highest BCUT2D eigenvalue weighted by atomic mass is 35.5. The second-order valence-electron chi connectivity index (χ2n) is 10.3. The molecular formula is C34H27ClN4O6S. The second-order valence-corrected chi connectivity index (χ2v) is 11.7. The van der Waals surface area contributed by atoms with Crippen molar-refractivity contribution >= 4 is 41.0 Å². The highest BCUT2D eigenvalue weighted by Gasteiger charge is 2.34. The largest absolute Gasteiger partial charge is 0.493 e. The first kappa shape index (κ1) is 30.8. The molecule has 0 spiro atoms. The second kappa shape index (κ2) is 12.6. The Hall–Kier alpha value is -5.26. The van der Waals surface area contributed by atoms with Crippen LogP contribution in [0.3, 0.4) is 0 Å². The fourth-order valence-corrected chi connectivity index (χ4v) is 6.44. The fourth-order valence-electron chi connectivity index (χ4n) is 5.28. The van der Waals surface area contributed by atoms with Crippen molar-refractivity contribution in [2.24, 2.45) is 4.99 Å². The third-order valence-corrected chi connectivity index (χ3v) is 8.59. The molecule has 1 aliphatic rings. The van der Waals surface area contributed by atoms with E-state index in [2.05, 4.69) is 4.99 Å². The molecular weight excluding hydrogens is 628 g/mol. The molecule has 0 bridgehead atoms. The maximum atomic E-state index is 14.3. The normalized spacial score (nSPS) is 14.5. The van der Waals surface area contributed by atoms with Crippen LogP contribution < -0.4 is 24.4 Å². The van der Waals surface area contributed by atoms with Crippen molar-refractivity contribution < 1.29 is 23.8 Å². The number of aromatic nitrogens is 3. The average molecular weight is 655 g/mol. The molecule has 1 aliphatic heterocycles. The quantitative estimate of drug-likeness (QED) is 0.182. The number of methoxy groups -OCH3 is 2. The highest BCUT2D eigenvalue weighted by Crippen LogP contribution is 2.36. The van der Waals surface area contributed by atoms with Gasteiger partial charge < -0.3 is 14.2 Å². The molecule has 0 fully saturated rings. The molecule has 12 heteroatoms. The van der Waals surface area contributed by atoms with E-state index >= 15 is 0 Å². The number of hydrogen-bond donors (Lipinski definition) is 0. The lowest BCUT2D eigenvalue weighted by Gasteiger charge is -2.25. The SMILES string of the molecule is COC(=O)C1=C(C)N=c2s/c(=C/c3cn(-c4ccccc4)nc3-c3ccc(Cl)cc3)c(=O)n2[C@@H]1c1ccc(OC(C)=O)c(OC)c1. The lowest BCUT2D eigenvalue weighted by atomic mass is 9.95. The number of esters is 2. The predicted octanol–water partition coefficient (Wildman–Crippen LogP) is 4.85. The van der Waals surface area contributed by atoms with E-state index in [0.717, 1.165) is 11.3 Å². The molecule has 0 saturated carbocycles. The molecule has 0 radical (unpaired) electrons. The molecule has 0 unspecified atom stereocenters. The van der Waals surface area contributed by atoms with Crippen LogP contribution in [0.4, 0.5) is 0 Å². The molecule has 5 aromatic rings. The molecule has 2 aromatic heterocycles. The summed E-state index contributed by atoms with van der Waals surface area (Å²) in [5.74, 6) is -0.678. The third kappa shape index (κ3) is 5.78. The fraction of sp³-hybridized carbons (Fsp3) is 0.147. The minimum atomic E-state index is -0.895. The molecule has 10 nitrogen and oxygen atoms in total. The Labute approximate surface area is 272 Å². The lowest BCUT2D eigenvalue weighted by Crippen LogP contribution is -2.39. The Morgan fingerprint density at radius 1 is 1.00 bits per heavy atom. The number of benzene rings is 3. The van der Waals surface area contributed by atoms with E-state index in [1.54, 1.807) is 48.0 Å². The van der Waals surface area contributed by atoms with Crippen LogP contribution in [0.2, 0.25) is 5.02 Å². The first-order valence-electron chi connectivity index (χ1n) is 14.1. The third-order valence-electron chi connectivity index (χ3n) is 7.35. The number of rotatable bonds is 7. The van der Waals surface area contributed by atoms with Gasteiger partial charge in [-0.05, 0) is 55.0 Å². The number of nitrogens with zero attached hydrogens (tertiary/aromatic N) is 4. The molecule has 0 aliphatic carbocycles. The van der Waals surface area contributed by atoms with Crippen molar-refractivity contribution in [1.82, 2.24) is 14.3 Å². The Morgan fingerprint density at radius 3 is 2.41 bits per heavy atom. The number of carbonyl (C=O) groups excluding carboxylic acids is 2. The summed E-state index contributed by atoms with van der Waals surface area (Å²) in [4.78, 5) is 44.1. The summed E-state index contributed by atoms with van der Waals surface area (Å²) in [6, 6.07) is 20.9. The summed E-state index contributed by atoms with van der Waals surface area (Å²) in [6.07, 6.45) is 3.64. The standard InChI is InChI=1S/C34H27ClN4O6S/c1-19-29(33(42)44-4)31(22-12-15-26(45-20(2)40)27(16-22)43-3)39-32(41)28(46-34(39)36-19)17-23-18-38(25-8-6-5-7-9-25)37-30(23)21-10-13-24(35)14-11-21/h5-18,31H,1-4H3/b28-17+/t31-/m1/s1. The number of fused-ring (bicyclic) bond motifs is 1. The maximum absolute atomic E-state index is 14.3. The number of allylic oxidation sites excluding steroid dienone is 1. The van der Waals surface area contributed by atoms with Crippen LogP contribution in [0.15, 0.2) is 100 Å². The minimum absolute atomic E-state index is 0.197. The summed E-state index contributed by atoms with van der Waals surface area (Å²) in [7, 11) is 2.71. The van der Waals surface area contributed by atoms with Crippen LogP contribution in [0.25, 0.3) is 23.0 Å². The number of para-hydroxylation sites is 1. The Balaban J connectivity index is 1.56. The van der Waals surface area contributed by atoms with Gasteiger partial charge in [-0.15, -0.1) is 0 Å². The Bertz CT molecular complexity index is 2200. The van der Waals surface area contributed by atoms with Gasteiger partial charge in [0.1, 0.15) is 5.69 Å². The van der Waals surface area contributed by atoms with E-state index in [1.165, 1.54) is 37.0 Å². The van der Waals surface area contributed by atoms with Crippen molar-refractivity contribution in [2.75, 3.05) is 14.2 Å². The molecule has 46 heavy (non-hydrogen) atoms. The Morgan fingerprint density at radius 2 is 1.74 bits per heavy atom. The van der Waals surface area contributed by atoms with Gasteiger partial charge in [0.05, 0.1) is 41.8 Å². The van der Waals surface area contributed by atoms with Crippen molar-refractivity contribution in [3.8, 4) is 28.4 Å². The number of carbonyl (C=O) groups is 2. The van der Waals surface area contributed by atoms with Crippen LogP contribution >= 0.6 is 22.9 Å². The lowest BCUT2D eigenvalue weighted by molar-refractivity contribution is -0.136. The van der Waals surface area contributed by atoms with E-state index in [-0.39, 0.29) is 22.6 Å². The summed E-state index contributed by atoms with van der Waals surface area (Å²) in [5, 5.41) is 5.45. The van der Waals surface area contributed by atoms with E-state index in [0.29, 0.717) is 36.9 Å². The van der Waals surface area contributed by atoms with Crippen LogP contribution in [0, 0.1) is 0 Å². The van der Waals surface area contributed by atoms with Crippen LogP contribution in [-0.2, 0) is 14.3 Å². The smallest absolute Gasteiger partial charge is 0.338 e. The van der Waals surface area contributed by atoms with E-state index in [1.807, 2.05) is 48.7 Å². The number of ether oxygens (including phenoxy) is 3. The highest BCUT2D eigenvalue weighted by molar-refractivity contribution is 7.07. The summed E-state index contributed by atoms with van der Waals surface area (Å²) >= 11 is 7.36. The number of hydrogen-bond acceptors (Lipinski definition) is 9. The predicted molar refractivity (Wildman–Crippen MR) is 174 cm³/mol. The first-order valence-corrected chi connectivity index (χ1v) is 15.3. The van der Waals surface area contributed by atoms with Crippen molar-refractivity contribution in [2.45, 2.75) is 19.9 Å². The van der Waals surface area contributed by atoms with Gasteiger partial charge >= 0.3 is 11.9 Å². The zero-order valence-corrected chi connectivity index (χ0v) is 26.8. The molecule has 3 heterocycles. The van der Waals surface area contributed by atoms with Crippen molar-refractivity contribution in [3.63, 3.8) is 0 Å². The van der Waals surface area contributed by atoms with Gasteiger partial charge in [0, 0.05) is 29.3 Å². The van der Waals surface area contributed by atoms with Crippen molar-refractivity contribution in [3.05, 3.63) is 126 Å². The summed E-state index contributed by atoms with van der Waals surface area (Å²) < 4.78 is 19.5. The van der Waals surface area contributed by atoms with Gasteiger partial charge in [0.25, 0.3) is 5.56 Å². The maximum Gasteiger partial charge on any atom is 0.338 e. The molecule has 1 atom stereocenters. The monoisotopic (exact) mass is 654 g/mol. The van der Waals surface area contributed by atoms with Crippen LogP contribution in [0.5, 0.6) is 11.5 Å². The molecule has 232 valence electrons. The first-order chi connectivity index (χ1) is 22.2. The topological polar surface area (TPSA) is 114 Å². The molecule has 0 saturated heterocycles. The van der Waals surface area contributed by atoms with Gasteiger partial charge in [0.15, 0.2) is 16.3 Å². The molecule has 6 rings (SSSR count). The van der Waals surface area contributed by atoms with Gasteiger partial charge in [-0.1, -0.05) is 59.3 Å². The van der Waals surface area contributed by atoms with Gasteiger partial charge in [-0.3, -0.25) is 14.2 Å². The van der Waals surface area contributed by atoms with E-state index in [4.69, 9.17) is 30.9 Å². The van der Waals surface area contributed by atoms with Crippen molar-refractivity contribution in [1.29, 1.82) is 0 Å². The van der Waals surface area contributed by atoms with Gasteiger partial charge in [-0.2, -0.15) is 5.10 Å². The Kier molecular flexibility index (Phi) is 8.44. The molecule has 3 aromatic carbocycles. The minimum Gasteiger partial charge on any atom is -0.493 e. The number of thiazole rings is 1. The average Bonchev–Trinajstić information content (AvgIpc) is 3.61. The van der Waals surface area contributed by atoms with Gasteiger partial charge in [0.2, 0.25) is 0 Å². The van der Waals surface area contributed by atoms with E-state index in [9.17, 15) is 14.4 Å². The summed E-state index contributed by atoms with van der Waals surface area (Å²) in [6.45, 7) is 2.98. The zero-order chi connectivity index (χ0) is 32.5. The van der Waals surface area contributed by atoms with Gasteiger partial charge in [-0.25, -0.2) is 14.5 Å². The van der Waals surface area contributed by atoms with Crippen LogP contribution in [-0.4, -0.2) is 40.5 Å².